The van der Waals surface area contributed by atoms with Crippen molar-refractivity contribution in [3.05, 3.63) is 42.2 Å². The maximum atomic E-state index is 11.4. The van der Waals surface area contributed by atoms with Gasteiger partial charge < -0.3 is 20.8 Å². The standard InChI is InChI=1S/C17H17N3O4/c21-15(22)8-13(17(23)24)16-12-2-1-3-14(11(12)5-7-19-16)20-10-4-6-18-9-10/h1-3,5,7-8,10,18,20H,4,6,9H2,(H,21,22)(H,23,24)/b13-8+. The van der Waals surface area contributed by atoms with Gasteiger partial charge in [-0.2, -0.15) is 0 Å². The molecular formula is C17H17N3O4. The average molecular weight is 327 g/mol. The third-order valence-electron chi connectivity index (χ3n) is 3.98. The highest BCUT2D eigenvalue weighted by Crippen LogP contribution is 2.29. The number of hydrogen-bond acceptors (Lipinski definition) is 5. The zero-order valence-corrected chi connectivity index (χ0v) is 12.8. The van der Waals surface area contributed by atoms with Crippen LogP contribution < -0.4 is 10.6 Å². The second-order valence-electron chi connectivity index (χ2n) is 5.60. The van der Waals surface area contributed by atoms with Crippen LogP contribution in [0.3, 0.4) is 0 Å². The summed E-state index contributed by atoms with van der Waals surface area (Å²) in [6, 6.07) is 7.57. The maximum absolute atomic E-state index is 11.4. The van der Waals surface area contributed by atoms with Gasteiger partial charge in [0.05, 0.1) is 11.3 Å². The van der Waals surface area contributed by atoms with Crippen LogP contribution in [0.5, 0.6) is 0 Å². The number of nitrogens with zero attached hydrogens (tertiary/aromatic N) is 1. The predicted molar refractivity (Wildman–Crippen MR) is 89.9 cm³/mol. The van der Waals surface area contributed by atoms with E-state index in [-0.39, 0.29) is 11.3 Å². The molecule has 2 aromatic rings. The van der Waals surface area contributed by atoms with Gasteiger partial charge in [-0.05, 0) is 25.1 Å². The van der Waals surface area contributed by atoms with E-state index in [0.717, 1.165) is 30.6 Å². The SMILES string of the molecule is O=C(O)/C=C(/C(=O)O)c1nccc2c(NC3CCNC3)cccc12. The van der Waals surface area contributed by atoms with E-state index in [1.165, 1.54) is 6.20 Å². The van der Waals surface area contributed by atoms with E-state index in [4.69, 9.17) is 5.11 Å². The van der Waals surface area contributed by atoms with Crippen LogP contribution in [0.15, 0.2) is 36.5 Å². The second kappa shape index (κ2) is 6.67. The minimum Gasteiger partial charge on any atom is -0.478 e. The van der Waals surface area contributed by atoms with Crippen LogP contribution in [0, 0.1) is 0 Å². The topological polar surface area (TPSA) is 112 Å². The zero-order chi connectivity index (χ0) is 17.1. The first-order chi connectivity index (χ1) is 11.6. The Hall–Kier alpha value is -2.93. The third-order valence-corrected chi connectivity index (χ3v) is 3.98. The number of benzene rings is 1. The van der Waals surface area contributed by atoms with E-state index in [0.29, 0.717) is 17.5 Å². The molecule has 7 heteroatoms. The van der Waals surface area contributed by atoms with Crippen molar-refractivity contribution in [2.45, 2.75) is 12.5 Å². The molecule has 0 radical (unpaired) electrons. The molecule has 0 bridgehead atoms. The first kappa shape index (κ1) is 15.9. The molecule has 24 heavy (non-hydrogen) atoms. The number of aliphatic carboxylic acids is 2. The Bertz CT molecular complexity index is 826. The second-order valence-corrected chi connectivity index (χ2v) is 5.60. The lowest BCUT2D eigenvalue weighted by molar-refractivity contribution is -0.133. The Kier molecular flexibility index (Phi) is 4.43. The summed E-state index contributed by atoms with van der Waals surface area (Å²) in [5, 5.41) is 26.4. The Morgan fingerprint density at radius 3 is 2.75 bits per heavy atom. The van der Waals surface area contributed by atoms with Crippen molar-refractivity contribution in [2.24, 2.45) is 0 Å². The lowest BCUT2D eigenvalue weighted by Gasteiger charge is -2.16. The molecule has 1 aromatic carbocycles. The maximum Gasteiger partial charge on any atom is 0.338 e. The quantitative estimate of drug-likeness (QED) is 0.617. The normalized spacial score (nSPS) is 17.8. The minimum atomic E-state index is -1.32. The highest BCUT2D eigenvalue weighted by molar-refractivity contribution is 6.22. The lowest BCUT2D eigenvalue weighted by atomic mass is 10.0. The van der Waals surface area contributed by atoms with Crippen LogP contribution in [0.4, 0.5) is 5.69 Å². The fourth-order valence-electron chi connectivity index (χ4n) is 2.90. The molecular weight excluding hydrogens is 310 g/mol. The number of carbonyl (C=O) groups is 2. The summed E-state index contributed by atoms with van der Waals surface area (Å²) >= 11 is 0. The number of hydrogen-bond donors (Lipinski definition) is 4. The summed E-state index contributed by atoms with van der Waals surface area (Å²) in [5.74, 6) is -2.65. The molecule has 1 saturated heterocycles. The molecule has 1 atom stereocenters. The van der Waals surface area contributed by atoms with Crippen LogP contribution in [-0.2, 0) is 9.59 Å². The van der Waals surface area contributed by atoms with Gasteiger partial charge in [-0.3, -0.25) is 4.98 Å². The first-order valence-electron chi connectivity index (χ1n) is 7.59. The van der Waals surface area contributed by atoms with Crippen molar-refractivity contribution in [2.75, 3.05) is 18.4 Å². The molecule has 124 valence electrons. The monoisotopic (exact) mass is 327 g/mol. The molecule has 7 nitrogen and oxygen atoms in total. The lowest BCUT2D eigenvalue weighted by Crippen LogP contribution is -2.22. The zero-order valence-electron chi connectivity index (χ0n) is 12.8. The van der Waals surface area contributed by atoms with Gasteiger partial charge in [-0.25, -0.2) is 9.59 Å². The van der Waals surface area contributed by atoms with E-state index in [9.17, 15) is 14.7 Å². The van der Waals surface area contributed by atoms with Crippen LogP contribution in [0.25, 0.3) is 16.3 Å². The molecule has 1 aliphatic rings. The van der Waals surface area contributed by atoms with E-state index >= 15 is 0 Å². The van der Waals surface area contributed by atoms with Gasteiger partial charge in [0, 0.05) is 41.3 Å². The van der Waals surface area contributed by atoms with Crippen molar-refractivity contribution < 1.29 is 19.8 Å². The van der Waals surface area contributed by atoms with Crippen molar-refractivity contribution in [3.63, 3.8) is 0 Å². The van der Waals surface area contributed by atoms with Gasteiger partial charge in [0.25, 0.3) is 0 Å². The number of anilines is 1. The summed E-state index contributed by atoms with van der Waals surface area (Å²) < 4.78 is 0. The Balaban J connectivity index is 2.10. The number of aromatic nitrogens is 1. The molecule has 2 heterocycles. The first-order valence-corrected chi connectivity index (χ1v) is 7.59. The largest absolute Gasteiger partial charge is 0.478 e. The Labute approximate surface area is 138 Å². The van der Waals surface area contributed by atoms with Crippen molar-refractivity contribution in [3.8, 4) is 0 Å². The molecule has 0 saturated carbocycles. The molecule has 0 spiro atoms. The van der Waals surface area contributed by atoms with Crippen molar-refractivity contribution in [1.29, 1.82) is 0 Å². The smallest absolute Gasteiger partial charge is 0.338 e. The fraction of sp³-hybridized carbons (Fsp3) is 0.235. The molecule has 3 rings (SSSR count). The van der Waals surface area contributed by atoms with Crippen LogP contribution >= 0.6 is 0 Å². The van der Waals surface area contributed by atoms with E-state index in [1.54, 1.807) is 18.2 Å². The van der Waals surface area contributed by atoms with E-state index in [1.807, 2.05) is 6.07 Å². The fourth-order valence-corrected chi connectivity index (χ4v) is 2.90. The Morgan fingerprint density at radius 2 is 2.08 bits per heavy atom. The molecule has 0 amide bonds. The highest BCUT2D eigenvalue weighted by atomic mass is 16.4. The van der Waals surface area contributed by atoms with Gasteiger partial charge in [0.15, 0.2) is 0 Å². The summed E-state index contributed by atoms with van der Waals surface area (Å²) in [5.41, 5.74) is 0.688. The number of nitrogens with one attached hydrogen (secondary N) is 2. The molecule has 4 N–H and O–H groups in total. The number of carboxylic acid groups (broad SMARTS) is 2. The van der Waals surface area contributed by atoms with Gasteiger partial charge in [-0.1, -0.05) is 12.1 Å². The highest BCUT2D eigenvalue weighted by Gasteiger charge is 2.19. The minimum absolute atomic E-state index is 0.149. The third kappa shape index (κ3) is 3.21. The van der Waals surface area contributed by atoms with Crippen LogP contribution in [-0.4, -0.2) is 46.3 Å². The number of pyridine rings is 1. The average Bonchev–Trinajstić information content (AvgIpc) is 3.05. The van der Waals surface area contributed by atoms with Crippen LogP contribution in [0.1, 0.15) is 12.1 Å². The molecule has 1 unspecified atom stereocenters. The van der Waals surface area contributed by atoms with Crippen LogP contribution in [0.2, 0.25) is 0 Å². The molecule has 1 aromatic heterocycles. The molecule has 1 aliphatic heterocycles. The summed E-state index contributed by atoms with van der Waals surface area (Å²) in [4.78, 5) is 26.5. The van der Waals surface area contributed by atoms with Gasteiger partial charge in [-0.15, -0.1) is 0 Å². The summed E-state index contributed by atoms with van der Waals surface area (Å²) in [6.07, 6.45) is 3.17. The summed E-state index contributed by atoms with van der Waals surface area (Å²) in [6.45, 7) is 1.83. The van der Waals surface area contributed by atoms with Crippen molar-refractivity contribution in [1.82, 2.24) is 10.3 Å². The van der Waals surface area contributed by atoms with Gasteiger partial charge in [0.2, 0.25) is 0 Å². The molecule has 1 fully saturated rings. The van der Waals surface area contributed by atoms with Gasteiger partial charge >= 0.3 is 11.9 Å². The van der Waals surface area contributed by atoms with E-state index < -0.39 is 11.9 Å². The number of carboxylic acids is 2. The predicted octanol–water partition coefficient (Wildman–Crippen LogP) is 1.56. The number of rotatable bonds is 5. The van der Waals surface area contributed by atoms with Crippen molar-refractivity contribution >= 4 is 34.0 Å². The Morgan fingerprint density at radius 1 is 1.25 bits per heavy atom. The molecule has 0 aliphatic carbocycles. The number of fused-ring (bicyclic) bond motifs is 1. The van der Waals surface area contributed by atoms with Gasteiger partial charge in [0.1, 0.15) is 0 Å². The summed E-state index contributed by atoms with van der Waals surface area (Å²) in [7, 11) is 0. The van der Waals surface area contributed by atoms with E-state index in [2.05, 4.69) is 15.6 Å².